The van der Waals surface area contributed by atoms with Crippen molar-refractivity contribution in [1.29, 1.82) is 0 Å². The number of aromatic nitrogens is 1. The fraction of sp³-hybridized carbons (Fsp3) is 0.0870. The molecule has 0 aliphatic heterocycles. The molecule has 32 heavy (non-hydrogen) atoms. The third-order valence-electron chi connectivity index (χ3n) is 4.32. The third-order valence-corrected chi connectivity index (χ3v) is 6.18. The maximum atomic E-state index is 13.0. The molecule has 2 amide bonds. The number of carbonyl (C=O) groups is 2. The average molecular weight is 468 g/mol. The van der Waals surface area contributed by atoms with Crippen LogP contribution < -0.4 is 15.4 Å². The molecule has 0 spiro atoms. The van der Waals surface area contributed by atoms with Gasteiger partial charge >= 0.3 is 0 Å². The molecular weight excluding hydrogens is 449 g/mol. The summed E-state index contributed by atoms with van der Waals surface area (Å²) in [6, 6.07) is 16.2. The molecule has 0 radical (unpaired) electrons. The Bertz CT molecular complexity index is 1230. The van der Waals surface area contributed by atoms with Crippen molar-refractivity contribution in [2.24, 2.45) is 0 Å². The van der Waals surface area contributed by atoms with Crippen molar-refractivity contribution in [2.45, 2.75) is 13.5 Å². The monoisotopic (exact) mass is 467 g/mol. The number of nitrogens with zero attached hydrogens (tertiary/aromatic N) is 1. The Balaban J connectivity index is 1.36. The van der Waals surface area contributed by atoms with Crippen LogP contribution in [0.4, 0.5) is 9.52 Å². The summed E-state index contributed by atoms with van der Waals surface area (Å²) in [6.07, 6.45) is 0. The molecule has 162 valence electrons. The summed E-state index contributed by atoms with van der Waals surface area (Å²) in [4.78, 5) is 30.1. The lowest BCUT2D eigenvalue weighted by molar-refractivity contribution is -0.119. The predicted molar refractivity (Wildman–Crippen MR) is 124 cm³/mol. The van der Waals surface area contributed by atoms with E-state index in [9.17, 15) is 14.0 Å². The van der Waals surface area contributed by atoms with Gasteiger partial charge < -0.3 is 10.1 Å². The standard InChI is InChI=1S/C23H18FN3O3S2/c1-14(28)25-12-19-10-11-21(32-19)20-13-31-23(26-20)27-22(29)15-2-6-17(7-3-15)30-18-8-4-16(24)5-9-18/h2-11,13H,12H2,1H3,(H,25,28)(H,26,27,29). The highest BCUT2D eigenvalue weighted by atomic mass is 32.1. The first-order chi connectivity index (χ1) is 15.5. The molecule has 2 N–H and O–H groups in total. The third kappa shape index (κ3) is 5.57. The number of anilines is 1. The van der Waals surface area contributed by atoms with Crippen LogP contribution in [0.1, 0.15) is 22.2 Å². The van der Waals surface area contributed by atoms with Gasteiger partial charge in [0.05, 0.1) is 17.1 Å². The van der Waals surface area contributed by atoms with E-state index in [4.69, 9.17) is 4.74 Å². The smallest absolute Gasteiger partial charge is 0.257 e. The maximum absolute atomic E-state index is 13.0. The fourth-order valence-corrected chi connectivity index (χ4v) is 4.44. The van der Waals surface area contributed by atoms with E-state index in [-0.39, 0.29) is 17.6 Å². The number of rotatable bonds is 7. The fourth-order valence-electron chi connectivity index (χ4n) is 2.75. The molecule has 6 nitrogen and oxygen atoms in total. The van der Waals surface area contributed by atoms with Crippen LogP contribution in [0.5, 0.6) is 11.5 Å². The number of carbonyl (C=O) groups excluding carboxylic acids is 2. The van der Waals surface area contributed by atoms with Gasteiger partial charge in [-0.2, -0.15) is 0 Å². The van der Waals surface area contributed by atoms with Gasteiger partial charge in [0.15, 0.2) is 5.13 Å². The second-order valence-electron chi connectivity index (χ2n) is 6.75. The Morgan fingerprint density at radius 2 is 1.69 bits per heavy atom. The van der Waals surface area contributed by atoms with Crippen LogP contribution in [0.25, 0.3) is 10.6 Å². The summed E-state index contributed by atoms with van der Waals surface area (Å²) in [5.41, 5.74) is 1.23. The number of nitrogens with one attached hydrogen (secondary N) is 2. The number of halogens is 1. The molecule has 0 unspecified atom stereocenters. The van der Waals surface area contributed by atoms with Gasteiger partial charge in [0, 0.05) is 22.7 Å². The SMILES string of the molecule is CC(=O)NCc1ccc(-c2csc(NC(=O)c3ccc(Oc4ccc(F)cc4)cc3)n2)s1. The number of thiazole rings is 1. The molecule has 0 fully saturated rings. The Morgan fingerprint density at radius 3 is 2.38 bits per heavy atom. The molecular formula is C23H18FN3O3S2. The van der Waals surface area contributed by atoms with E-state index in [0.717, 1.165) is 15.4 Å². The first-order valence-corrected chi connectivity index (χ1v) is 11.3. The summed E-state index contributed by atoms with van der Waals surface area (Å²) >= 11 is 2.88. The zero-order valence-corrected chi connectivity index (χ0v) is 18.6. The van der Waals surface area contributed by atoms with E-state index < -0.39 is 0 Å². The van der Waals surface area contributed by atoms with Crippen LogP contribution >= 0.6 is 22.7 Å². The minimum absolute atomic E-state index is 0.0753. The lowest BCUT2D eigenvalue weighted by Crippen LogP contribution is -2.17. The zero-order valence-electron chi connectivity index (χ0n) is 16.9. The van der Waals surface area contributed by atoms with Gasteiger partial charge in [-0.15, -0.1) is 22.7 Å². The number of benzene rings is 2. The van der Waals surface area contributed by atoms with E-state index >= 15 is 0 Å². The van der Waals surface area contributed by atoms with Crippen LogP contribution in [0, 0.1) is 5.82 Å². The van der Waals surface area contributed by atoms with Crippen molar-refractivity contribution >= 4 is 39.6 Å². The molecule has 2 aromatic carbocycles. The summed E-state index contributed by atoms with van der Waals surface area (Å²) < 4.78 is 18.6. The Labute approximate surface area is 191 Å². The Morgan fingerprint density at radius 1 is 1.00 bits per heavy atom. The van der Waals surface area contributed by atoms with Crippen molar-refractivity contribution in [1.82, 2.24) is 10.3 Å². The normalized spacial score (nSPS) is 10.6. The zero-order chi connectivity index (χ0) is 22.5. The first kappa shape index (κ1) is 21.7. The van der Waals surface area contributed by atoms with Crippen molar-refractivity contribution in [2.75, 3.05) is 5.32 Å². The number of amides is 2. The largest absolute Gasteiger partial charge is 0.457 e. The summed E-state index contributed by atoms with van der Waals surface area (Å²) in [5.74, 6) is 0.356. The number of hydrogen-bond donors (Lipinski definition) is 2. The molecule has 2 heterocycles. The summed E-state index contributed by atoms with van der Waals surface area (Å²) in [6.45, 7) is 1.96. The van der Waals surface area contributed by atoms with Crippen LogP contribution in [-0.2, 0) is 11.3 Å². The van der Waals surface area contributed by atoms with Crippen molar-refractivity contribution in [3.05, 3.63) is 82.3 Å². The van der Waals surface area contributed by atoms with Gasteiger partial charge in [-0.05, 0) is 60.7 Å². The summed E-state index contributed by atoms with van der Waals surface area (Å²) in [5, 5.41) is 7.94. The minimum atomic E-state index is -0.334. The highest BCUT2D eigenvalue weighted by Gasteiger charge is 2.12. The lowest BCUT2D eigenvalue weighted by Gasteiger charge is -2.07. The van der Waals surface area contributed by atoms with Gasteiger partial charge in [0.25, 0.3) is 5.91 Å². The van der Waals surface area contributed by atoms with Gasteiger partial charge in [-0.3, -0.25) is 14.9 Å². The molecule has 0 aliphatic carbocycles. The highest BCUT2D eigenvalue weighted by molar-refractivity contribution is 7.17. The molecule has 0 atom stereocenters. The summed E-state index contributed by atoms with van der Waals surface area (Å²) in [7, 11) is 0. The van der Waals surface area contributed by atoms with Gasteiger partial charge in [-0.25, -0.2) is 9.37 Å². The van der Waals surface area contributed by atoms with Gasteiger partial charge in [0.2, 0.25) is 5.91 Å². The lowest BCUT2D eigenvalue weighted by atomic mass is 10.2. The van der Waals surface area contributed by atoms with Crippen LogP contribution in [0.15, 0.2) is 66.0 Å². The predicted octanol–water partition coefficient (Wildman–Crippen LogP) is 5.69. The van der Waals surface area contributed by atoms with Gasteiger partial charge in [-0.1, -0.05) is 0 Å². The highest BCUT2D eigenvalue weighted by Crippen LogP contribution is 2.31. The van der Waals surface area contributed by atoms with Crippen molar-refractivity contribution < 1.29 is 18.7 Å². The second kappa shape index (κ2) is 9.71. The van der Waals surface area contributed by atoms with Crippen LogP contribution in [0.3, 0.4) is 0 Å². The average Bonchev–Trinajstić information content (AvgIpc) is 3.44. The van der Waals surface area contributed by atoms with E-state index in [2.05, 4.69) is 15.6 Å². The quantitative estimate of drug-likeness (QED) is 0.366. The molecule has 0 bridgehead atoms. The van der Waals surface area contributed by atoms with Crippen LogP contribution in [0.2, 0.25) is 0 Å². The Kier molecular flexibility index (Phi) is 6.58. The van der Waals surface area contributed by atoms with Crippen LogP contribution in [-0.4, -0.2) is 16.8 Å². The molecule has 0 saturated heterocycles. The molecule has 4 aromatic rings. The molecule has 2 aromatic heterocycles. The maximum Gasteiger partial charge on any atom is 0.257 e. The molecule has 0 aliphatic rings. The van der Waals surface area contributed by atoms with Crippen molar-refractivity contribution in [3.63, 3.8) is 0 Å². The number of thiophene rings is 1. The van der Waals surface area contributed by atoms with E-state index in [1.54, 1.807) is 35.6 Å². The number of ether oxygens (including phenoxy) is 1. The van der Waals surface area contributed by atoms with E-state index in [0.29, 0.717) is 28.7 Å². The Hall–Kier alpha value is -3.56. The van der Waals surface area contributed by atoms with Crippen molar-refractivity contribution in [3.8, 4) is 22.1 Å². The van der Waals surface area contributed by atoms with E-state index in [1.165, 1.54) is 42.5 Å². The minimum Gasteiger partial charge on any atom is -0.457 e. The van der Waals surface area contributed by atoms with E-state index in [1.807, 2.05) is 17.5 Å². The molecule has 0 saturated carbocycles. The number of hydrogen-bond acceptors (Lipinski definition) is 6. The molecule has 4 rings (SSSR count). The second-order valence-corrected chi connectivity index (χ2v) is 8.77. The topological polar surface area (TPSA) is 80.3 Å². The first-order valence-electron chi connectivity index (χ1n) is 9.60. The van der Waals surface area contributed by atoms with Gasteiger partial charge in [0.1, 0.15) is 17.3 Å². The molecule has 9 heteroatoms.